The number of benzene rings is 1. The minimum absolute atomic E-state index is 0.0419. The Morgan fingerprint density at radius 1 is 1.18 bits per heavy atom. The number of ether oxygens (including phenoxy) is 1. The molecule has 1 aromatic carbocycles. The Morgan fingerprint density at radius 3 is 2.46 bits per heavy atom. The number of rotatable bonds is 4. The molecular formula is C20H22BrCl2CuN3O. The van der Waals surface area contributed by atoms with Crippen molar-refractivity contribution in [2.45, 2.75) is 32.9 Å². The minimum atomic E-state index is -0.151. The van der Waals surface area contributed by atoms with Crippen LogP contribution in [0.3, 0.4) is 0 Å². The molecule has 2 atom stereocenters. The summed E-state index contributed by atoms with van der Waals surface area (Å²) in [6, 6.07) is 15.9. The summed E-state index contributed by atoms with van der Waals surface area (Å²) in [5, 5.41) is 0. The molecule has 155 valence electrons. The van der Waals surface area contributed by atoms with E-state index in [2.05, 4.69) is 74.0 Å². The van der Waals surface area contributed by atoms with Gasteiger partial charge in [-0.15, -0.1) is 0 Å². The van der Waals surface area contributed by atoms with Crippen molar-refractivity contribution in [3.8, 4) is 0 Å². The molecule has 2 heterocycles. The molecule has 0 spiro atoms. The van der Waals surface area contributed by atoms with Gasteiger partial charge in [-0.3, -0.25) is 4.99 Å². The number of aliphatic imine (C=N–C) groups is 2. The summed E-state index contributed by atoms with van der Waals surface area (Å²) in [6.07, 6.45) is 1.79. The third kappa shape index (κ3) is 7.16. The Labute approximate surface area is 189 Å². The fourth-order valence-electron chi connectivity index (χ4n) is 2.69. The first kappa shape index (κ1) is 23.4. The van der Waals surface area contributed by atoms with Crippen LogP contribution in [0.15, 0.2) is 63.1 Å². The van der Waals surface area contributed by atoms with E-state index in [1.807, 2.05) is 36.4 Å². The van der Waals surface area contributed by atoms with E-state index in [0.29, 0.717) is 12.5 Å². The summed E-state index contributed by atoms with van der Waals surface area (Å²) in [5.41, 5.74) is 1.87. The molecule has 0 aliphatic carbocycles. The van der Waals surface area contributed by atoms with Gasteiger partial charge in [-0.2, -0.15) is 0 Å². The zero-order valence-electron chi connectivity index (χ0n) is 15.7. The fraction of sp³-hybridized carbons (Fsp3) is 0.350. The van der Waals surface area contributed by atoms with E-state index in [1.54, 1.807) is 6.21 Å². The molecule has 1 aliphatic heterocycles. The summed E-state index contributed by atoms with van der Waals surface area (Å²) in [6.45, 7) is 7.00. The molecule has 0 unspecified atom stereocenters. The van der Waals surface area contributed by atoms with Gasteiger partial charge in [-0.05, 0) is 39.0 Å². The molecule has 0 saturated heterocycles. The van der Waals surface area contributed by atoms with Crippen LogP contribution < -0.4 is 0 Å². The van der Waals surface area contributed by atoms with Crippen LogP contribution >= 0.6 is 36.1 Å². The zero-order valence-corrected chi connectivity index (χ0v) is 19.8. The number of hydrogen-bond acceptors (Lipinski definition) is 4. The van der Waals surface area contributed by atoms with E-state index in [-0.39, 0.29) is 17.5 Å². The van der Waals surface area contributed by atoms with Crippen molar-refractivity contribution in [2.75, 3.05) is 6.61 Å². The van der Waals surface area contributed by atoms with Crippen molar-refractivity contribution in [3.63, 3.8) is 0 Å². The van der Waals surface area contributed by atoms with Crippen LogP contribution in [0.2, 0.25) is 0 Å². The third-order valence-electron chi connectivity index (χ3n) is 4.00. The van der Waals surface area contributed by atoms with Gasteiger partial charge in [0, 0.05) is 6.21 Å². The van der Waals surface area contributed by atoms with Crippen molar-refractivity contribution in [2.24, 2.45) is 15.4 Å². The van der Waals surface area contributed by atoms with Gasteiger partial charge in [0.15, 0.2) is 0 Å². The van der Waals surface area contributed by atoms with Crippen LogP contribution in [-0.4, -0.2) is 29.7 Å². The molecule has 4 nitrogen and oxygen atoms in total. The molecule has 0 fully saturated rings. The monoisotopic (exact) mass is 532 g/mol. The third-order valence-corrected chi connectivity index (χ3v) is 4.44. The number of pyridine rings is 1. The first-order valence-corrected chi connectivity index (χ1v) is 12.0. The van der Waals surface area contributed by atoms with E-state index in [1.165, 1.54) is 5.56 Å². The Morgan fingerprint density at radius 2 is 1.86 bits per heavy atom. The molecule has 28 heavy (non-hydrogen) atoms. The molecule has 8 heteroatoms. The van der Waals surface area contributed by atoms with Gasteiger partial charge in [0.1, 0.15) is 23.3 Å². The van der Waals surface area contributed by atoms with Gasteiger partial charge in [0.2, 0.25) is 5.90 Å². The number of halogens is 3. The van der Waals surface area contributed by atoms with Gasteiger partial charge in [0.25, 0.3) is 0 Å². The second-order valence-corrected chi connectivity index (χ2v) is 9.55. The van der Waals surface area contributed by atoms with Crippen LogP contribution in [0.4, 0.5) is 0 Å². The Balaban J connectivity index is 0.000000878. The summed E-state index contributed by atoms with van der Waals surface area (Å²) in [4.78, 5) is 14.0. The molecule has 1 aliphatic rings. The van der Waals surface area contributed by atoms with Gasteiger partial charge < -0.3 is 4.74 Å². The predicted molar refractivity (Wildman–Crippen MR) is 117 cm³/mol. The standard InChI is InChI=1S/C20H22BrN3O.2ClH.Cu/c1-20(2,3)18(22-12-15-10-7-11-17(21)23-15)19-24-16(13-25-19)14-8-5-4-6-9-14;;;/h4-12,16,18H,13H2,1-3H3;2*1H;/q;;;+2/p-2/t16-,18+;;;/m0.../s1. The summed E-state index contributed by atoms with van der Waals surface area (Å²) in [7, 11) is 9.34. The van der Waals surface area contributed by atoms with Crippen LogP contribution in [0.5, 0.6) is 0 Å². The van der Waals surface area contributed by atoms with Crippen LogP contribution in [0.1, 0.15) is 38.1 Å². The van der Waals surface area contributed by atoms with Crippen LogP contribution in [0, 0.1) is 5.41 Å². The van der Waals surface area contributed by atoms with Crippen LogP contribution in [0.25, 0.3) is 0 Å². The average Bonchev–Trinajstić information content (AvgIpc) is 3.12. The van der Waals surface area contributed by atoms with Crippen molar-refractivity contribution in [1.29, 1.82) is 0 Å². The zero-order chi connectivity index (χ0) is 20.6. The molecule has 0 N–H and O–H groups in total. The second kappa shape index (κ2) is 11.3. The van der Waals surface area contributed by atoms with E-state index in [9.17, 15) is 0 Å². The predicted octanol–water partition coefficient (Wildman–Crippen LogP) is 6.22. The second-order valence-electron chi connectivity index (χ2n) is 7.18. The average molecular weight is 535 g/mol. The molecule has 0 amide bonds. The molecule has 2 aromatic rings. The van der Waals surface area contributed by atoms with Crippen molar-refractivity contribution < 1.29 is 17.9 Å². The first-order chi connectivity index (χ1) is 13.3. The molecule has 0 saturated carbocycles. The molecule has 3 rings (SSSR count). The SMILES string of the molecule is CC(C)(C)[C@H](N=Cc1cccc(Br)n1)C1=N[C@H](c2ccccc2)CO1.[Cl][Cu][Cl]. The Kier molecular flexibility index (Phi) is 9.45. The quantitative estimate of drug-likeness (QED) is 0.265. The van der Waals surface area contributed by atoms with Gasteiger partial charge in [0.05, 0.1) is 5.69 Å². The Bertz CT molecular complexity index is 813. The van der Waals surface area contributed by atoms with Gasteiger partial charge >= 0.3 is 33.3 Å². The molecule has 0 bridgehead atoms. The maximum atomic E-state index is 5.93. The molecule has 1 aromatic heterocycles. The summed E-state index contributed by atoms with van der Waals surface area (Å²) in [5.74, 6) is 0.701. The number of aromatic nitrogens is 1. The van der Waals surface area contributed by atoms with E-state index >= 15 is 0 Å². The van der Waals surface area contributed by atoms with E-state index in [4.69, 9.17) is 14.7 Å². The molecule has 0 radical (unpaired) electrons. The topological polar surface area (TPSA) is 46.8 Å². The van der Waals surface area contributed by atoms with Gasteiger partial charge in [-0.1, -0.05) is 57.2 Å². The Hall–Kier alpha value is -0.911. The van der Waals surface area contributed by atoms with Crippen molar-refractivity contribution >= 4 is 48.2 Å². The number of hydrogen-bond donors (Lipinski definition) is 0. The summed E-state index contributed by atoms with van der Waals surface area (Å²) < 4.78 is 6.72. The fourth-order valence-corrected chi connectivity index (χ4v) is 3.05. The maximum absolute atomic E-state index is 5.93. The normalized spacial score (nSPS) is 17.6. The molecular weight excluding hydrogens is 513 g/mol. The van der Waals surface area contributed by atoms with Gasteiger partial charge in [-0.25, -0.2) is 9.98 Å². The van der Waals surface area contributed by atoms with Crippen molar-refractivity contribution in [3.05, 3.63) is 64.4 Å². The number of nitrogens with zero attached hydrogens (tertiary/aromatic N) is 3. The van der Waals surface area contributed by atoms with E-state index < -0.39 is 0 Å². The first-order valence-electron chi connectivity index (χ1n) is 8.57. The van der Waals surface area contributed by atoms with Crippen LogP contribution in [-0.2, 0) is 17.9 Å². The van der Waals surface area contributed by atoms with E-state index in [0.717, 1.165) is 23.4 Å². The van der Waals surface area contributed by atoms with Crippen molar-refractivity contribution in [1.82, 2.24) is 4.98 Å². The summed E-state index contributed by atoms with van der Waals surface area (Å²) >= 11 is 4.14.